The summed E-state index contributed by atoms with van der Waals surface area (Å²) in [6.07, 6.45) is 3.52. The number of para-hydroxylation sites is 2. The summed E-state index contributed by atoms with van der Waals surface area (Å²) in [4.78, 5) is 16.1. The zero-order chi connectivity index (χ0) is 27.3. The molecule has 9 heteroatoms. The van der Waals surface area contributed by atoms with E-state index in [1.807, 2.05) is 90.5 Å². The summed E-state index contributed by atoms with van der Waals surface area (Å²) in [6, 6.07) is 32.3. The highest BCUT2D eigenvalue weighted by molar-refractivity contribution is 8.00. The number of amides is 1. The first-order valence-electron chi connectivity index (χ1n) is 12.9. The molecule has 0 unspecified atom stereocenters. The van der Waals surface area contributed by atoms with Crippen LogP contribution in [0.5, 0.6) is 0 Å². The molecule has 0 spiro atoms. The van der Waals surface area contributed by atoms with Crippen LogP contribution in [0, 0.1) is 0 Å². The van der Waals surface area contributed by atoms with Gasteiger partial charge in [-0.2, -0.15) is 5.10 Å². The van der Waals surface area contributed by atoms with Crippen LogP contribution in [-0.4, -0.2) is 37.1 Å². The van der Waals surface area contributed by atoms with Gasteiger partial charge in [-0.3, -0.25) is 9.36 Å². The number of hydrogen-bond acceptors (Lipinski definition) is 6. The number of thioether (sulfide) groups is 1. The minimum absolute atomic E-state index is 0.223. The lowest BCUT2D eigenvalue weighted by molar-refractivity contribution is -0.120. The Morgan fingerprint density at radius 3 is 2.58 bits per heavy atom. The van der Waals surface area contributed by atoms with Crippen molar-refractivity contribution in [2.24, 2.45) is 5.10 Å². The Kier molecular flexibility index (Phi) is 7.28. The summed E-state index contributed by atoms with van der Waals surface area (Å²) >= 11 is 1.34. The van der Waals surface area contributed by atoms with E-state index in [0.717, 1.165) is 39.1 Å². The van der Waals surface area contributed by atoms with Crippen LogP contribution in [0.2, 0.25) is 0 Å². The minimum Gasteiger partial charge on any atom is -0.377 e. The second-order valence-electron chi connectivity index (χ2n) is 9.23. The number of carbonyl (C=O) groups is 1. The zero-order valence-corrected chi connectivity index (χ0v) is 22.6. The van der Waals surface area contributed by atoms with E-state index in [4.69, 9.17) is 0 Å². The molecule has 8 nitrogen and oxygen atoms in total. The average molecular weight is 546 g/mol. The van der Waals surface area contributed by atoms with Gasteiger partial charge < -0.3 is 10.3 Å². The molecule has 0 saturated carbocycles. The first-order valence-corrected chi connectivity index (χ1v) is 13.8. The third kappa shape index (κ3) is 5.32. The monoisotopic (exact) mass is 545 g/mol. The number of H-pyrrole nitrogens is 1. The molecule has 2 heterocycles. The molecule has 40 heavy (non-hydrogen) atoms. The van der Waals surface area contributed by atoms with Crippen LogP contribution in [0.3, 0.4) is 0 Å². The maximum absolute atomic E-state index is 12.9. The molecule has 0 bridgehead atoms. The predicted molar refractivity (Wildman–Crippen MR) is 162 cm³/mol. The van der Waals surface area contributed by atoms with Crippen LogP contribution in [0.1, 0.15) is 18.3 Å². The van der Waals surface area contributed by atoms with E-state index in [9.17, 15) is 4.79 Å². The summed E-state index contributed by atoms with van der Waals surface area (Å²) in [5.74, 6) is 0.519. The number of benzene rings is 4. The van der Waals surface area contributed by atoms with Crippen LogP contribution in [0.25, 0.3) is 27.4 Å². The molecule has 0 aliphatic heterocycles. The fourth-order valence-electron chi connectivity index (χ4n) is 4.55. The van der Waals surface area contributed by atoms with Crippen LogP contribution >= 0.6 is 11.8 Å². The molecule has 6 rings (SSSR count). The molecule has 0 fully saturated rings. The van der Waals surface area contributed by atoms with Crippen molar-refractivity contribution in [3.63, 3.8) is 0 Å². The van der Waals surface area contributed by atoms with E-state index in [2.05, 4.69) is 55.3 Å². The summed E-state index contributed by atoms with van der Waals surface area (Å²) < 4.78 is 1.99. The van der Waals surface area contributed by atoms with Gasteiger partial charge in [0, 0.05) is 39.4 Å². The summed E-state index contributed by atoms with van der Waals surface area (Å²) in [6.45, 7) is 2.30. The lowest BCUT2D eigenvalue weighted by Crippen LogP contribution is -2.27. The van der Waals surface area contributed by atoms with Gasteiger partial charge in [-0.05, 0) is 36.6 Å². The van der Waals surface area contributed by atoms with E-state index in [1.165, 1.54) is 17.1 Å². The normalized spacial score (nSPS) is 12.2. The summed E-state index contributed by atoms with van der Waals surface area (Å²) in [5, 5.41) is 20.2. The lowest BCUT2D eigenvalue weighted by atomic mass is 10.1. The molecule has 0 aliphatic carbocycles. The van der Waals surface area contributed by atoms with Gasteiger partial charge in [-0.15, -0.1) is 10.2 Å². The number of aromatic nitrogens is 4. The number of hydrazone groups is 1. The Labute approximate surface area is 235 Å². The number of carbonyl (C=O) groups excluding carboxylic acids is 1. The Balaban J connectivity index is 1.18. The van der Waals surface area contributed by atoms with Crippen molar-refractivity contribution in [2.45, 2.75) is 23.9 Å². The summed E-state index contributed by atoms with van der Waals surface area (Å²) in [7, 11) is 0. The van der Waals surface area contributed by atoms with Crippen molar-refractivity contribution in [1.82, 2.24) is 25.2 Å². The first kappa shape index (κ1) is 25.4. The van der Waals surface area contributed by atoms with Gasteiger partial charge in [0.2, 0.25) is 0 Å². The second-order valence-corrected chi connectivity index (χ2v) is 10.5. The Bertz CT molecular complexity index is 1800. The summed E-state index contributed by atoms with van der Waals surface area (Å²) in [5.41, 5.74) is 6.54. The standard InChI is InChI=1S/C31H27N7OS/c1-21(30(39)36-34-19-23-18-32-27-16-8-7-15-26(23)27)40-31-37-35-29(38(31)24-12-3-2-4-13-24)20-33-28-17-9-11-22-10-5-6-14-25(22)28/h2-19,21,32-33H,20H2,1H3,(H,36,39)/t21-/m0/s1. The van der Waals surface area contributed by atoms with Gasteiger partial charge in [0.1, 0.15) is 0 Å². The highest BCUT2D eigenvalue weighted by atomic mass is 32.2. The van der Waals surface area contributed by atoms with E-state index < -0.39 is 5.25 Å². The van der Waals surface area contributed by atoms with E-state index in [0.29, 0.717) is 11.7 Å². The molecule has 0 radical (unpaired) electrons. The van der Waals surface area contributed by atoms with Crippen molar-refractivity contribution >= 4 is 51.2 Å². The maximum Gasteiger partial charge on any atom is 0.253 e. The molecule has 0 saturated heterocycles. The van der Waals surface area contributed by atoms with Gasteiger partial charge in [-0.1, -0.05) is 84.6 Å². The Morgan fingerprint density at radius 2 is 1.70 bits per heavy atom. The van der Waals surface area contributed by atoms with Crippen molar-refractivity contribution < 1.29 is 4.79 Å². The average Bonchev–Trinajstić information content (AvgIpc) is 3.60. The van der Waals surface area contributed by atoms with Gasteiger partial charge in [0.25, 0.3) is 5.91 Å². The van der Waals surface area contributed by atoms with Crippen LogP contribution in [-0.2, 0) is 11.3 Å². The SMILES string of the molecule is C[C@H](Sc1nnc(CNc2cccc3ccccc23)n1-c1ccccc1)C(=O)NN=Cc1c[nH]c2ccccc12. The molecule has 0 aliphatic rings. The number of aromatic amines is 1. The minimum atomic E-state index is -0.453. The first-order chi connectivity index (χ1) is 19.7. The maximum atomic E-state index is 12.9. The largest absolute Gasteiger partial charge is 0.377 e. The molecule has 1 atom stereocenters. The Morgan fingerprint density at radius 1 is 0.950 bits per heavy atom. The third-order valence-corrected chi connectivity index (χ3v) is 7.64. The van der Waals surface area contributed by atoms with Gasteiger partial charge >= 0.3 is 0 Å². The molecular formula is C31H27N7OS. The molecule has 3 N–H and O–H groups in total. The highest BCUT2D eigenvalue weighted by Gasteiger charge is 2.21. The van der Waals surface area contributed by atoms with Crippen molar-refractivity contribution in [3.8, 4) is 5.69 Å². The van der Waals surface area contributed by atoms with E-state index >= 15 is 0 Å². The van der Waals surface area contributed by atoms with E-state index in [-0.39, 0.29) is 5.91 Å². The van der Waals surface area contributed by atoms with Crippen molar-refractivity contribution in [1.29, 1.82) is 0 Å². The molecular weight excluding hydrogens is 518 g/mol. The lowest BCUT2D eigenvalue weighted by Gasteiger charge is -2.14. The van der Waals surface area contributed by atoms with Crippen LogP contribution in [0.4, 0.5) is 5.69 Å². The number of anilines is 1. The number of hydrogen-bond donors (Lipinski definition) is 3. The predicted octanol–water partition coefficient (Wildman–Crippen LogP) is 6.14. The molecule has 198 valence electrons. The van der Waals surface area contributed by atoms with Gasteiger partial charge in [-0.25, -0.2) is 5.43 Å². The second kappa shape index (κ2) is 11.5. The van der Waals surface area contributed by atoms with Crippen molar-refractivity contribution in [2.75, 3.05) is 5.32 Å². The molecule has 1 amide bonds. The topological polar surface area (TPSA) is 100.0 Å². The van der Waals surface area contributed by atoms with Crippen LogP contribution in [0.15, 0.2) is 114 Å². The molecule has 4 aromatic carbocycles. The van der Waals surface area contributed by atoms with Crippen molar-refractivity contribution in [3.05, 3.63) is 115 Å². The number of nitrogens with zero attached hydrogens (tertiary/aromatic N) is 4. The molecule has 2 aromatic heterocycles. The number of rotatable bonds is 9. The fraction of sp³-hybridized carbons (Fsp3) is 0.0968. The fourth-order valence-corrected chi connectivity index (χ4v) is 5.43. The van der Waals surface area contributed by atoms with Gasteiger partial charge in [0.05, 0.1) is 18.0 Å². The number of nitrogens with one attached hydrogen (secondary N) is 3. The quantitative estimate of drug-likeness (QED) is 0.115. The van der Waals surface area contributed by atoms with Crippen LogP contribution < -0.4 is 10.7 Å². The third-order valence-electron chi connectivity index (χ3n) is 6.59. The number of fused-ring (bicyclic) bond motifs is 2. The van der Waals surface area contributed by atoms with Gasteiger partial charge in [0.15, 0.2) is 11.0 Å². The highest BCUT2D eigenvalue weighted by Crippen LogP contribution is 2.28. The zero-order valence-electron chi connectivity index (χ0n) is 21.8. The molecule has 6 aromatic rings. The smallest absolute Gasteiger partial charge is 0.253 e. The van der Waals surface area contributed by atoms with E-state index in [1.54, 1.807) is 6.21 Å². The Hall–Kier alpha value is -4.89.